The normalized spacial score (nSPS) is 10.9. The number of hydrogen-bond acceptors (Lipinski definition) is 10. The van der Waals surface area contributed by atoms with Gasteiger partial charge in [-0.2, -0.15) is 0 Å². The maximum atomic E-state index is 12.9. The first-order valence-electron chi connectivity index (χ1n) is 11.7. The van der Waals surface area contributed by atoms with Gasteiger partial charge in [0.1, 0.15) is 11.5 Å². The number of rotatable bonds is 12. The fourth-order valence-corrected chi connectivity index (χ4v) is 3.77. The predicted molar refractivity (Wildman–Crippen MR) is 129 cm³/mol. The van der Waals surface area contributed by atoms with Crippen LogP contribution in [0, 0.1) is 5.92 Å². The zero-order chi connectivity index (χ0) is 26.8. The Balaban J connectivity index is 2.79. The van der Waals surface area contributed by atoms with E-state index in [9.17, 15) is 24.3 Å². The molecule has 0 radical (unpaired) electrons. The van der Waals surface area contributed by atoms with Crippen molar-refractivity contribution in [3.8, 4) is 11.5 Å². The van der Waals surface area contributed by atoms with Crippen LogP contribution in [-0.4, -0.2) is 62.5 Å². The second kappa shape index (κ2) is 13.3. The SMILES string of the molecule is CCOC(=O)C(Cc1cc(C(C(=O)OCC)C(=O)OCC)c2ccc(OC)cc2c1O)C(=O)OCC. The molecule has 0 aliphatic carbocycles. The summed E-state index contributed by atoms with van der Waals surface area (Å²) in [6.45, 7) is 6.54. The van der Waals surface area contributed by atoms with Crippen molar-refractivity contribution in [2.45, 2.75) is 40.0 Å². The summed E-state index contributed by atoms with van der Waals surface area (Å²) in [5.41, 5.74) is 0.305. The van der Waals surface area contributed by atoms with Crippen LogP contribution in [0.1, 0.15) is 44.7 Å². The van der Waals surface area contributed by atoms with Crippen molar-refractivity contribution in [1.82, 2.24) is 0 Å². The molecule has 0 spiro atoms. The standard InChI is InChI=1S/C26H32O10/c1-6-33-23(28)20(24(29)34-7-2)13-15-12-18(21(25(30)35-8-3)26(31)36-9-4)17-11-10-16(32-5)14-19(17)22(15)27/h10-12,14,20-21,27H,6-9,13H2,1-5H3. The molecule has 0 aromatic heterocycles. The first kappa shape index (κ1) is 28.4. The van der Waals surface area contributed by atoms with E-state index < -0.39 is 35.7 Å². The Bertz CT molecular complexity index is 1070. The molecule has 0 saturated heterocycles. The minimum atomic E-state index is -1.47. The van der Waals surface area contributed by atoms with Crippen molar-refractivity contribution in [3.63, 3.8) is 0 Å². The highest BCUT2D eigenvalue weighted by molar-refractivity contribution is 6.06. The van der Waals surface area contributed by atoms with E-state index in [2.05, 4.69) is 0 Å². The molecule has 0 fully saturated rings. The smallest absolute Gasteiger partial charge is 0.324 e. The van der Waals surface area contributed by atoms with Gasteiger partial charge in [-0.3, -0.25) is 19.2 Å². The van der Waals surface area contributed by atoms with Gasteiger partial charge in [0.15, 0.2) is 11.8 Å². The molecule has 0 bridgehead atoms. The van der Waals surface area contributed by atoms with Crippen LogP contribution in [0.25, 0.3) is 10.8 Å². The number of phenols is 1. The average molecular weight is 505 g/mol. The average Bonchev–Trinajstić information content (AvgIpc) is 2.85. The van der Waals surface area contributed by atoms with Gasteiger partial charge in [-0.15, -0.1) is 0 Å². The topological polar surface area (TPSA) is 135 Å². The minimum absolute atomic E-state index is 0.0270. The summed E-state index contributed by atoms with van der Waals surface area (Å²) < 4.78 is 25.6. The number of phenolic OH excluding ortho intramolecular Hbond substituents is 1. The quantitative estimate of drug-likeness (QED) is 0.261. The lowest BCUT2D eigenvalue weighted by molar-refractivity contribution is -0.162. The molecule has 0 unspecified atom stereocenters. The van der Waals surface area contributed by atoms with Gasteiger partial charge in [-0.1, -0.05) is 6.07 Å². The van der Waals surface area contributed by atoms with Crippen molar-refractivity contribution < 1.29 is 48.0 Å². The van der Waals surface area contributed by atoms with E-state index in [-0.39, 0.29) is 55.1 Å². The van der Waals surface area contributed by atoms with Crippen molar-refractivity contribution in [2.24, 2.45) is 5.92 Å². The lowest BCUT2D eigenvalue weighted by Crippen LogP contribution is -2.30. The van der Waals surface area contributed by atoms with E-state index in [0.717, 1.165) is 0 Å². The van der Waals surface area contributed by atoms with Gasteiger partial charge in [0.25, 0.3) is 0 Å². The largest absolute Gasteiger partial charge is 0.507 e. The van der Waals surface area contributed by atoms with Crippen LogP contribution in [0.15, 0.2) is 24.3 Å². The van der Waals surface area contributed by atoms with Crippen LogP contribution >= 0.6 is 0 Å². The van der Waals surface area contributed by atoms with Crippen LogP contribution in [-0.2, 0) is 44.5 Å². The van der Waals surface area contributed by atoms with Gasteiger partial charge in [0.05, 0.1) is 33.5 Å². The third kappa shape index (κ3) is 6.44. The maximum Gasteiger partial charge on any atom is 0.324 e. The first-order valence-corrected chi connectivity index (χ1v) is 11.7. The summed E-state index contributed by atoms with van der Waals surface area (Å²) in [6, 6.07) is 6.12. The fourth-order valence-electron chi connectivity index (χ4n) is 3.77. The monoisotopic (exact) mass is 504 g/mol. The van der Waals surface area contributed by atoms with Crippen molar-refractivity contribution >= 4 is 34.6 Å². The number of carbonyl (C=O) groups excluding carboxylic acids is 4. The number of carbonyl (C=O) groups is 4. The van der Waals surface area contributed by atoms with Crippen LogP contribution in [0.2, 0.25) is 0 Å². The lowest BCUT2D eigenvalue weighted by Gasteiger charge is -2.21. The maximum absolute atomic E-state index is 12.9. The lowest BCUT2D eigenvalue weighted by atomic mass is 9.87. The molecule has 0 atom stereocenters. The van der Waals surface area contributed by atoms with Crippen LogP contribution < -0.4 is 4.74 Å². The second-order valence-corrected chi connectivity index (χ2v) is 7.58. The second-order valence-electron chi connectivity index (χ2n) is 7.58. The first-order chi connectivity index (χ1) is 17.2. The van der Waals surface area contributed by atoms with E-state index in [1.165, 1.54) is 19.2 Å². The van der Waals surface area contributed by atoms with E-state index in [1.54, 1.807) is 39.8 Å². The highest BCUT2D eigenvalue weighted by atomic mass is 16.6. The summed E-state index contributed by atoms with van der Waals surface area (Å²) in [5.74, 6) is -6.02. The summed E-state index contributed by atoms with van der Waals surface area (Å²) >= 11 is 0. The molecule has 10 nitrogen and oxygen atoms in total. The van der Waals surface area contributed by atoms with Crippen LogP contribution in [0.5, 0.6) is 11.5 Å². The molecule has 0 heterocycles. The minimum Gasteiger partial charge on any atom is -0.507 e. The number of hydrogen-bond donors (Lipinski definition) is 1. The molecule has 2 aromatic carbocycles. The van der Waals surface area contributed by atoms with Crippen LogP contribution in [0.4, 0.5) is 0 Å². The Hall–Kier alpha value is -3.82. The number of ether oxygens (including phenoxy) is 5. The zero-order valence-corrected chi connectivity index (χ0v) is 21.1. The fraction of sp³-hybridized carbons (Fsp3) is 0.462. The Labute approximate surface area is 209 Å². The van der Waals surface area contributed by atoms with Gasteiger partial charge < -0.3 is 28.8 Å². The van der Waals surface area contributed by atoms with Crippen molar-refractivity contribution in [2.75, 3.05) is 33.5 Å². The van der Waals surface area contributed by atoms with Gasteiger partial charge in [-0.25, -0.2) is 0 Å². The Kier molecular flexibility index (Phi) is 10.5. The molecule has 0 aliphatic rings. The molecule has 1 N–H and O–H groups in total. The van der Waals surface area contributed by atoms with Crippen molar-refractivity contribution in [1.29, 1.82) is 0 Å². The molecule has 10 heteroatoms. The van der Waals surface area contributed by atoms with E-state index in [0.29, 0.717) is 11.1 Å². The van der Waals surface area contributed by atoms with Gasteiger partial charge >= 0.3 is 23.9 Å². The zero-order valence-electron chi connectivity index (χ0n) is 21.1. The summed E-state index contributed by atoms with van der Waals surface area (Å²) in [7, 11) is 1.44. The number of fused-ring (bicyclic) bond motifs is 1. The Morgan fingerprint density at radius 2 is 1.25 bits per heavy atom. The van der Waals surface area contributed by atoms with Crippen LogP contribution in [0.3, 0.4) is 0 Å². The molecule has 2 rings (SSSR count). The highest BCUT2D eigenvalue weighted by Crippen LogP contribution is 2.39. The van der Waals surface area contributed by atoms with Gasteiger partial charge in [-0.05, 0) is 68.8 Å². The molecule has 0 aliphatic heterocycles. The predicted octanol–water partition coefficient (Wildman–Crippen LogP) is 3.05. The molecule has 196 valence electrons. The summed E-state index contributed by atoms with van der Waals surface area (Å²) in [5, 5.41) is 11.7. The Morgan fingerprint density at radius 1 is 0.750 bits per heavy atom. The van der Waals surface area contributed by atoms with E-state index in [1.807, 2.05) is 0 Å². The number of benzene rings is 2. The molecular weight excluding hydrogens is 472 g/mol. The third-order valence-electron chi connectivity index (χ3n) is 5.35. The molecular formula is C26H32O10. The number of esters is 4. The van der Waals surface area contributed by atoms with Crippen molar-refractivity contribution in [3.05, 3.63) is 35.4 Å². The summed E-state index contributed by atoms with van der Waals surface area (Å²) in [4.78, 5) is 50.9. The molecule has 2 aromatic rings. The molecule has 0 saturated carbocycles. The highest BCUT2D eigenvalue weighted by Gasteiger charge is 2.36. The van der Waals surface area contributed by atoms with E-state index >= 15 is 0 Å². The molecule has 0 amide bonds. The number of aromatic hydroxyl groups is 1. The van der Waals surface area contributed by atoms with Gasteiger partial charge in [0.2, 0.25) is 0 Å². The summed E-state index contributed by atoms with van der Waals surface area (Å²) in [6.07, 6.45) is -0.304. The Morgan fingerprint density at radius 3 is 1.72 bits per heavy atom. The third-order valence-corrected chi connectivity index (χ3v) is 5.35. The molecule has 36 heavy (non-hydrogen) atoms. The number of methoxy groups -OCH3 is 1. The van der Waals surface area contributed by atoms with Gasteiger partial charge in [0, 0.05) is 5.39 Å². The van der Waals surface area contributed by atoms with E-state index in [4.69, 9.17) is 23.7 Å².